The van der Waals surface area contributed by atoms with Gasteiger partial charge in [-0.1, -0.05) is 6.92 Å². The van der Waals surface area contributed by atoms with Crippen molar-refractivity contribution >= 4 is 28.4 Å². The molecular weight excluding hydrogens is 347 g/mol. The highest BCUT2D eigenvalue weighted by molar-refractivity contribution is 6.44. The number of anilines is 1. The second-order valence-electron chi connectivity index (χ2n) is 6.16. The molecule has 1 fully saturated rings. The highest BCUT2D eigenvalue weighted by Crippen LogP contribution is 2.41. The summed E-state index contributed by atoms with van der Waals surface area (Å²) in [7, 11) is 0. The Kier molecular flexibility index (Phi) is 3.57. The van der Waals surface area contributed by atoms with Gasteiger partial charge in [0.1, 0.15) is 5.82 Å². The average molecular weight is 359 g/mol. The average Bonchev–Trinajstić information content (AvgIpc) is 3.16. The number of rotatable bonds is 2. The van der Waals surface area contributed by atoms with E-state index in [0.717, 1.165) is 4.90 Å². The lowest BCUT2D eigenvalue weighted by Crippen LogP contribution is -2.30. The number of benzene rings is 2. The Morgan fingerprint density at radius 3 is 2.54 bits per heavy atom. The smallest absolute Gasteiger partial charge is 0.295 e. The van der Waals surface area contributed by atoms with E-state index in [9.17, 15) is 22.8 Å². The zero-order valence-corrected chi connectivity index (χ0v) is 13.5. The lowest BCUT2D eigenvalue weighted by molar-refractivity contribution is -0.135. The number of hydrogen-bond acceptors (Lipinski definition) is 3. The van der Waals surface area contributed by atoms with E-state index >= 15 is 0 Å². The van der Waals surface area contributed by atoms with Crippen LogP contribution in [0.25, 0.3) is 11.0 Å². The maximum atomic E-state index is 14.3. The van der Waals surface area contributed by atoms with Crippen molar-refractivity contribution in [2.24, 2.45) is 5.92 Å². The van der Waals surface area contributed by atoms with Crippen LogP contribution in [0.1, 0.15) is 18.5 Å². The lowest BCUT2D eigenvalue weighted by Gasteiger charge is -2.27. The van der Waals surface area contributed by atoms with E-state index in [1.165, 1.54) is 13.3 Å². The second kappa shape index (κ2) is 5.69. The predicted molar refractivity (Wildman–Crippen MR) is 86.8 cm³/mol. The Labute approximate surface area is 145 Å². The van der Waals surface area contributed by atoms with Gasteiger partial charge < -0.3 is 4.98 Å². The predicted octanol–water partition coefficient (Wildman–Crippen LogP) is 3.27. The van der Waals surface area contributed by atoms with Crippen LogP contribution in [0, 0.1) is 23.4 Å². The minimum Gasteiger partial charge on any atom is -0.345 e. The van der Waals surface area contributed by atoms with Crippen molar-refractivity contribution in [3.8, 4) is 0 Å². The number of aromatic amines is 1. The third-order valence-corrected chi connectivity index (χ3v) is 4.64. The van der Waals surface area contributed by atoms with Crippen molar-refractivity contribution in [3.05, 3.63) is 59.7 Å². The van der Waals surface area contributed by atoms with Crippen molar-refractivity contribution in [1.82, 2.24) is 9.97 Å². The van der Waals surface area contributed by atoms with Crippen molar-refractivity contribution in [2.45, 2.75) is 13.0 Å². The summed E-state index contributed by atoms with van der Waals surface area (Å²) in [5.74, 6) is -6.06. The van der Waals surface area contributed by atoms with Gasteiger partial charge in [-0.05, 0) is 24.3 Å². The van der Waals surface area contributed by atoms with Crippen LogP contribution in [0.2, 0.25) is 0 Å². The number of Topliss-reactive ketones (excluding diaryl/α,β-unsaturated/α-hetero) is 1. The number of carbonyl (C=O) groups is 2. The van der Waals surface area contributed by atoms with Gasteiger partial charge in [-0.2, -0.15) is 0 Å². The Morgan fingerprint density at radius 1 is 1.04 bits per heavy atom. The molecule has 2 unspecified atom stereocenters. The van der Waals surface area contributed by atoms with Crippen LogP contribution < -0.4 is 4.90 Å². The van der Waals surface area contributed by atoms with Crippen LogP contribution in [0.5, 0.6) is 0 Å². The highest BCUT2D eigenvalue weighted by atomic mass is 19.2. The van der Waals surface area contributed by atoms with Crippen LogP contribution in [0.4, 0.5) is 18.9 Å². The quantitative estimate of drug-likeness (QED) is 0.564. The molecule has 4 rings (SSSR count). The molecule has 1 saturated heterocycles. The molecular formula is C18H12F3N3O2. The molecule has 8 heteroatoms. The van der Waals surface area contributed by atoms with Gasteiger partial charge in [0.2, 0.25) is 5.78 Å². The van der Waals surface area contributed by atoms with E-state index in [4.69, 9.17) is 0 Å². The summed E-state index contributed by atoms with van der Waals surface area (Å²) < 4.78 is 41.3. The molecule has 2 atom stereocenters. The van der Waals surface area contributed by atoms with E-state index in [1.807, 2.05) is 0 Å². The first-order valence-corrected chi connectivity index (χ1v) is 7.83. The van der Waals surface area contributed by atoms with Gasteiger partial charge in [-0.25, -0.2) is 18.2 Å². The molecule has 132 valence electrons. The Hall–Kier alpha value is -3.16. The normalized spacial score (nSPS) is 20.4. The Balaban J connectivity index is 1.89. The second-order valence-corrected chi connectivity index (χ2v) is 6.16. The number of hydrogen-bond donors (Lipinski definition) is 1. The molecule has 2 aromatic carbocycles. The molecule has 1 aliphatic heterocycles. The van der Waals surface area contributed by atoms with E-state index in [0.29, 0.717) is 28.9 Å². The molecule has 0 saturated carbocycles. The third kappa shape index (κ3) is 2.29. The molecule has 0 bridgehead atoms. The zero-order chi connectivity index (χ0) is 18.6. The van der Waals surface area contributed by atoms with Gasteiger partial charge >= 0.3 is 0 Å². The number of carbonyl (C=O) groups excluding carboxylic acids is 2. The third-order valence-electron chi connectivity index (χ3n) is 4.64. The molecule has 5 nitrogen and oxygen atoms in total. The van der Waals surface area contributed by atoms with E-state index in [-0.39, 0.29) is 5.56 Å². The summed E-state index contributed by atoms with van der Waals surface area (Å²) in [4.78, 5) is 32.8. The molecule has 1 amide bonds. The van der Waals surface area contributed by atoms with Crippen LogP contribution in [-0.4, -0.2) is 21.7 Å². The maximum absolute atomic E-state index is 14.3. The number of nitrogens with zero attached hydrogens (tertiary/aromatic N) is 2. The monoisotopic (exact) mass is 359 g/mol. The van der Waals surface area contributed by atoms with Crippen molar-refractivity contribution in [2.75, 3.05) is 4.90 Å². The Bertz CT molecular complexity index is 1060. The minimum atomic E-state index is -1.33. The van der Waals surface area contributed by atoms with Crippen molar-refractivity contribution in [3.63, 3.8) is 0 Å². The fourth-order valence-corrected chi connectivity index (χ4v) is 3.33. The summed E-state index contributed by atoms with van der Waals surface area (Å²) in [5.41, 5.74) is 1.35. The van der Waals surface area contributed by atoms with Crippen LogP contribution in [0.15, 0.2) is 36.7 Å². The first kappa shape index (κ1) is 16.3. The molecule has 0 spiro atoms. The standard InChI is InChI=1S/C18H12F3N3O2/c1-8-16(10-5-12(20)13(21)6-11(10)19)24(18(26)17(8)25)9-2-3-14-15(4-9)23-7-22-14/h2-8,16H,1H3,(H,22,23). The van der Waals surface area contributed by atoms with Gasteiger partial charge in [-0.15, -0.1) is 0 Å². The van der Waals surface area contributed by atoms with Gasteiger partial charge in [0.25, 0.3) is 5.91 Å². The minimum absolute atomic E-state index is 0.250. The number of halogens is 3. The van der Waals surface area contributed by atoms with Crippen molar-refractivity contribution in [1.29, 1.82) is 0 Å². The molecule has 1 aromatic heterocycles. The first-order valence-electron chi connectivity index (χ1n) is 7.83. The molecule has 0 aliphatic carbocycles. The molecule has 3 aromatic rings. The number of imidazole rings is 1. The first-order chi connectivity index (χ1) is 12.4. The molecule has 1 aliphatic rings. The van der Waals surface area contributed by atoms with Gasteiger partial charge in [0, 0.05) is 23.2 Å². The molecule has 2 heterocycles. The summed E-state index contributed by atoms with van der Waals surface area (Å²) in [6, 6.07) is 4.83. The van der Waals surface area contributed by atoms with Gasteiger partial charge in [0.15, 0.2) is 11.6 Å². The van der Waals surface area contributed by atoms with Crippen LogP contribution >= 0.6 is 0 Å². The number of nitrogens with one attached hydrogen (secondary N) is 1. The largest absolute Gasteiger partial charge is 0.345 e. The topological polar surface area (TPSA) is 66.1 Å². The molecule has 26 heavy (non-hydrogen) atoms. The molecule has 0 radical (unpaired) electrons. The highest BCUT2D eigenvalue weighted by Gasteiger charge is 2.47. The summed E-state index contributed by atoms with van der Waals surface area (Å²) >= 11 is 0. The number of H-pyrrole nitrogens is 1. The number of fused-ring (bicyclic) bond motifs is 1. The fourth-order valence-electron chi connectivity index (χ4n) is 3.33. The summed E-state index contributed by atoms with van der Waals surface area (Å²) in [6.07, 6.45) is 1.47. The fraction of sp³-hybridized carbons (Fsp3) is 0.167. The van der Waals surface area contributed by atoms with E-state index in [2.05, 4.69) is 9.97 Å². The van der Waals surface area contributed by atoms with Crippen LogP contribution in [-0.2, 0) is 9.59 Å². The van der Waals surface area contributed by atoms with E-state index < -0.39 is 41.1 Å². The number of amides is 1. The lowest BCUT2D eigenvalue weighted by atomic mass is 9.94. The zero-order valence-electron chi connectivity index (χ0n) is 13.5. The molecule has 1 N–H and O–H groups in total. The summed E-state index contributed by atoms with van der Waals surface area (Å²) in [6.45, 7) is 1.46. The van der Waals surface area contributed by atoms with Gasteiger partial charge in [-0.3, -0.25) is 14.5 Å². The number of ketones is 1. The van der Waals surface area contributed by atoms with Crippen LogP contribution in [0.3, 0.4) is 0 Å². The van der Waals surface area contributed by atoms with Crippen molar-refractivity contribution < 1.29 is 22.8 Å². The summed E-state index contributed by atoms with van der Waals surface area (Å²) in [5, 5.41) is 0. The van der Waals surface area contributed by atoms with Gasteiger partial charge in [0.05, 0.1) is 23.4 Å². The van der Waals surface area contributed by atoms with E-state index in [1.54, 1.807) is 18.2 Å². The Morgan fingerprint density at radius 2 is 1.77 bits per heavy atom. The maximum Gasteiger partial charge on any atom is 0.295 e. The number of aromatic nitrogens is 2. The SMILES string of the molecule is CC1C(=O)C(=O)N(c2ccc3nc[nH]c3c2)C1c1cc(F)c(F)cc1F.